The number of allylic oxidation sites excluding steroid dienone is 1. The number of aliphatic hydroxyl groups is 1. The topological polar surface area (TPSA) is 119 Å². The molecule has 3 atom stereocenters. The number of nitrogens with zero attached hydrogens (tertiary/aromatic N) is 3. The van der Waals surface area contributed by atoms with Crippen LogP contribution in [0.15, 0.2) is 57.9 Å². The third-order valence-electron chi connectivity index (χ3n) is 7.63. The lowest BCUT2D eigenvalue weighted by Crippen LogP contribution is -2.39. The molecule has 0 spiro atoms. The Labute approximate surface area is 223 Å². The Morgan fingerprint density at radius 2 is 2.24 bits per heavy atom. The highest BCUT2D eigenvalue weighted by Crippen LogP contribution is 2.32. The Hall–Kier alpha value is -3.43. The number of aliphatic imine (C=N–C) groups is 2. The number of ether oxygens (including phenoxy) is 1. The quantitative estimate of drug-likeness (QED) is 0.372. The summed E-state index contributed by atoms with van der Waals surface area (Å²) in [7, 11) is 1.61. The van der Waals surface area contributed by atoms with Crippen molar-refractivity contribution in [1.82, 2.24) is 15.5 Å². The van der Waals surface area contributed by atoms with E-state index in [4.69, 9.17) is 9.73 Å². The summed E-state index contributed by atoms with van der Waals surface area (Å²) in [5.74, 6) is 1.62. The molecule has 202 valence electrons. The molecular weight excluding hydrogens is 482 g/mol. The Kier molecular flexibility index (Phi) is 8.24. The average Bonchev–Trinajstić information content (AvgIpc) is 3.39. The number of nitrogens with one attached hydrogen (secondary N) is 2. The number of aromatic hydroxyl groups is 1. The molecule has 38 heavy (non-hydrogen) atoms. The van der Waals surface area contributed by atoms with Crippen molar-refractivity contribution in [2.24, 2.45) is 15.9 Å². The summed E-state index contributed by atoms with van der Waals surface area (Å²) in [6, 6.07) is 5.16. The van der Waals surface area contributed by atoms with Gasteiger partial charge in [0.05, 0.1) is 24.8 Å². The molecule has 1 fully saturated rings. The molecule has 5 rings (SSSR count). The number of amidine groups is 1. The number of rotatable bonds is 9. The predicted octanol–water partition coefficient (Wildman–Crippen LogP) is 2.37. The fraction of sp³-hybridized carbons (Fsp3) is 0.483. The first-order valence-corrected chi connectivity index (χ1v) is 13.5. The maximum Gasteiger partial charge on any atom is 0.251 e. The average molecular weight is 520 g/mol. The molecule has 3 unspecified atom stereocenters. The van der Waals surface area contributed by atoms with Gasteiger partial charge in [-0.25, -0.2) is 4.99 Å². The fourth-order valence-electron chi connectivity index (χ4n) is 5.57. The minimum absolute atomic E-state index is 0.0939. The lowest BCUT2D eigenvalue weighted by atomic mass is 9.97. The van der Waals surface area contributed by atoms with E-state index in [0.29, 0.717) is 35.3 Å². The first kappa shape index (κ1) is 26.2. The monoisotopic (exact) mass is 519 g/mol. The largest absolute Gasteiger partial charge is 0.507 e. The maximum atomic E-state index is 12.8. The van der Waals surface area contributed by atoms with Crippen LogP contribution in [0.2, 0.25) is 0 Å². The molecule has 1 saturated heterocycles. The highest BCUT2D eigenvalue weighted by atomic mass is 16.5. The van der Waals surface area contributed by atoms with E-state index in [9.17, 15) is 15.0 Å². The first-order chi connectivity index (χ1) is 18.6. The molecule has 0 aromatic heterocycles. The van der Waals surface area contributed by atoms with Gasteiger partial charge in [-0.3, -0.25) is 9.79 Å². The summed E-state index contributed by atoms with van der Waals surface area (Å²) in [4.78, 5) is 24.3. The highest BCUT2D eigenvalue weighted by Gasteiger charge is 2.31. The third kappa shape index (κ3) is 5.84. The Balaban J connectivity index is 1.18. The number of phenolic OH excluding ortho intramolecular Hbond substituents is 1. The van der Waals surface area contributed by atoms with Gasteiger partial charge in [-0.05, 0) is 74.9 Å². The molecule has 9 nitrogen and oxygen atoms in total. The Bertz CT molecular complexity index is 1200. The zero-order valence-corrected chi connectivity index (χ0v) is 21.9. The van der Waals surface area contributed by atoms with Gasteiger partial charge >= 0.3 is 0 Å². The maximum absolute atomic E-state index is 12.8. The SMILES string of the molecule is COC1=C(c2ccc(O)c(C3=NC4C=CC(C(=O)NCCCN5CCCC(CO)C5)=CC4N3)c2)CCC=N1. The van der Waals surface area contributed by atoms with Crippen molar-refractivity contribution in [2.45, 2.75) is 44.2 Å². The van der Waals surface area contributed by atoms with Crippen molar-refractivity contribution in [2.75, 3.05) is 39.9 Å². The number of fused-ring (bicyclic) bond motifs is 1. The summed E-state index contributed by atoms with van der Waals surface area (Å²) < 4.78 is 5.45. The summed E-state index contributed by atoms with van der Waals surface area (Å²) >= 11 is 0. The van der Waals surface area contributed by atoms with E-state index >= 15 is 0 Å². The number of carbonyl (C=O) groups excluding carboxylic acids is 1. The number of hydrogen-bond donors (Lipinski definition) is 4. The van der Waals surface area contributed by atoms with Crippen LogP contribution in [0.3, 0.4) is 0 Å². The molecule has 0 radical (unpaired) electrons. The second-order valence-corrected chi connectivity index (χ2v) is 10.3. The molecular formula is C29H37N5O4. The number of carbonyl (C=O) groups is 1. The Morgan fingerprint density at radius 1 is 1.34 bits per heavy atom. The molecule has 4 aliphatic rings. The van der Waals surface area contributed by atoms with E-state index in [2.05, 4.69) is 20.5 Å². The van der Waals surface area contributed by atoms with Gasteiger partial charge < -0.3 is 30.5 Å². The van der Waals surface area contributed by atoms with Crippen molar-refractivity contribution in [3.8, 4) is 5.75 Å². The summed E-state index contributed by atoms with van der Waals surface area (Å²) in [6.07, 6.45) is 12.3. The summed E-state index contributed by atoms with van der Waals surface area (Å²) in [6.45, 7) is 3.78. The molecule has 1 amide bonds. The summed E-state index contributed by atoms with van der Waals surface area (Å²) in [5.41, 5.74) is 3.16. The summed E-state index contributed by atoms with van der Waals surface area (Å²) in [5, 5.41) is 26.5. The van der Waals surface area contributed by atoms with Crippen LogP contribution < -0.4 is 10.6 Å². The molecule has 1 aromatic rings. The second kappa shape index (κ2) is 12.0. The number of methoxy groups -OCH3 is 1. The van der Waals surface area contributed by atoms with Crippen molar-refractivity contribution in [3.05, 3.63) is 59.0 Å². The van der Waals surface area contributed by atoms with E-state index in [1.165, 1.54) is 0 Å². The van der Waals surface area contributed by atoms with Gasteiger partial charge in [0.2, 0.25) is 5.88 Å². The first-order valence-electron chi connectivity index (χ1n) is 13.5. The molecule has 1 aromatic carbocycles. The van der Waals surface area contributed by atoms with Crippen molar-refractivity contribution < 1.29 is 19.7 Å². The highest BCUT2D eigenvalue weighted by molar-refractivity contribution is 6.04. The number of hydrogen-bond acceptors (Lipinski definition) is 8. The standard InChI is InChI=1S/C29H37N5O4/c1-38-29-22(6-2-11-31-29)20-8-10-26(36)23(15-20)27-32-24-9-7-21(16-25(24)33-27)28(37)30-12-4-14-34-13-3-5-19(17-34)18-35/h7-11,15-16,19,24-25,35-36H,2-6,12-14,17-18H2,1H3,(H,30,37)(H,32,33). The van der Waals surface area contributed by atoms with Gasteiger partial charge in [-0.2, -0.15) is 0 Å². The third-order valence-corrected chi connectivity index (χ3v) is 7.63. The normalized spacial score (nSPS) is 24.9. The minimum Gasteiger partial charge on any atom is -0.507 e. The molecule has 0 bridgehead atoms. The van der Waals surface area contributed by atoms with Crippen LogP contribution in [0.5, 0.6) is 5.75 Å². The van der Waals surface area contributed by atoms with Crippen LogP contribution in [0.1, 0.15) is 43.2 Å². The zero-order valence-electron chi connectivity index (χ0n) is 21.9. The fourth-order valence-corrected chi connectivity index (χ4v) is 5.57. The lowest BCUT2D eigenvalue weighted by Gasteiger charge is -2.31. The molecule has 1 aliphatic carbocycles. The van der Waals surface area contributed by atoms with Gasteiger partial charge in [-0.15, -0.1) is 0 Å². The van der Waals surface area contributed by atoms with Crippen LogP contribution in [0, 0.1) is 5.92 Å². The van der Waals surface area contributed by atoms with E-state index in [1.807, 2.05) is 36.6 Å². The van der Waals surface area contributed by atoms with Crippen molar-refractivity contribution in [1.29, 1.82) is 0 Å². The van der Waals surface area contributed by atoms with Crippen LogP contribution >= 0.6 is 0 Å². The Morgan fingerprint density at radius 3 is 3.08 bits per heavy atom. The number of benzene rings is 1. The van der Waals surface area contributed by atoms with E-state index in [0.717, 1.165) is 62.9 Å². The lowest BCUT2D eigenvalue weighted by molar-refractivity contribution is -0.117. The van der Waals surface area contributed by atoms with Crippen LogP contribution in [-0.4, -0.2) is 85.0 Å². The molecule has 4 N–H and O–H groups in total. The number of amides is 1. The second-order valence-electron chi connectivity index (χ2n) is 10.3. The number of piperidine rings is 1. The smallest absolute Gasteiger partial charge is 0.251 e. The number of phenols is 1. The van der Waals surface area contributed by atoms with Crippen LogP contribution in [-0.2, 0) is 9.53 Å². The van der Waals surface area contributed by atoms with Gasteiger partial charge in [0, 0.05) is 37.1 Å². The van der Waals surface area contributed by atoms with Gasteiger partial charge in [0.25, 0.3) is 5.91 Å². The van der Waals surface area contributed by atoms with E-state index in [-0.39, 0.29) is 30.3 Å². The minimum atomic E-state index is -0.157. The molecule has 0 saturated carbocycles. The van der Waals surface area contributed by atoms with Crippen LogP contribution in [0.25, 0.3) is 5.57 Å². The number of aliphatic hydroxyl groups excluding tert-OH is 1. The molecule has 3 heterocycles. The molecule has 9 heteroatoms. The number of likely N-dealkylation sites (tertiary alicyclic amines) is 1. The van der Waals surface area contributed by atoms with Gasteiger partial charge in [-0.1, -0.05) is 18.2 Å². The predicted molar refractivity (Wildman–Crippen MR) is 148 cm³/mol. The van der Waals surface area contributed by atoms with Crippen molar-refractivity contribution >= 4 is 23.5 Å². The van der Waals surface area contributed by atoms with Gasteiger partial charge in [0.15, 0.2) is 0 Å². The van der Waals surface area contributed by atoms with E-state index in [1.54, 1.807) is 13.2 Å². The molecule has 3 aliphatic heterocycles. The van der Waals surface area contributed by atoms with E-state index < -0.39 is 0 Å². The van der Waals surface area contributed by atoms with Crippen molar-refractivity contribution in [3.63, 3.8) is 0 Å². The van der Waals surface area contributed by atoms with Crippen LogP contribution in [0.4, 0.5) is 0 Å². The van der Waals surface area contributed by atoms with Gasteiger partial charge in [0.1, 0.15) is 11.6 Å². The zero-order chi connectivity index (χ0) is 26.5.